The van der Waals surface area contributed by atoms with Gasteiger partial charge in [0.25, 0.3) is 0 Å². The van der Waals surface area contributed by atoms with Gasteiger partial charge in [-0.05, 0) is 69.5 Å². The summed E-state index contributed by atoms with van der Waals surface area (Å²) in [6.07, 6.45) is 7.31. The van der Waals surface area contributed by atoms with Crippen LogP contribution < -0.4 is 10.6 Å². The van der Waals surface area contributed by atoms with Crippen LogP contribution in [-0.2, 0) is 0 Å². The average Bonchev–Trinajstić information content (AvgIpc) is 2.85. The maximum atomic E-state index is 3.77. The lowest BCUT2D eigenvalue weighted by Crippen LogP contribution is -2.39. The summed E-state index contributed by atoms with van der Waals surface area (Å²) in [5.41, 5.74) is 0. The molecule has 3 rings (SSSR count). The molecule has 0 amide bonds. The van der Waals surface area contributed by atoms with Gasteiger partial charge in [-0.1, -0.05) is 0 Å². The smallest absolute Gasteiger partial charge is 0.00726 e. The fraction of sp³-hybridized carbons (Fsp3) is 1.00. The van der Waals surface area contributed by atoms with Gasteiger partial charge in [0.1, 0.15) is 0 Å². The molecule has 1 saturated heterocycles. The van der Waals surface area contributed by atoms with Gasteiger partial charge in [-0.15, -0.1) is 0 Å². The molecule has 1 aliphatic heterocycles. The van der Waals surface area contributed by atoms with Crippen LogP contribution in [0.1, 0.15) is 32.1 Å². The highest BCUT2D eigenvalue weighted by Crippen LogP contribution is 2.51. The van der Waals surface area contributed by atoms with Crippen LogP contribution >= 0.6 is 0 Å². The van der Waals surface area contributed by atoms with E-state index in [-0.39, 0.29) is 0 Å². The molecule has 2 nitrogen and oxygen atoms in total. The molecule has 2 N–H and O–H groups in total. The zero-order valence-corrected chi connectivity index (χ0v) is 8.97. The summed E-state index contributed by atoms with van der Waals surface area (Å²) >= 11 is 0. The van der Waals surface area contributed by atoms with Crippen LogP contribution in [0.5, 0.6) is 0 Å². The normalized spacial score (nSPS) is 46.3. The lowest BCUT2D eigenvalue weighted by molar-refractivity contribution is 0.337. The zero-order valence-electron chi connectivity index (χ0n) is 8.97. The summed E-state index contributed by atoms with van der Waals surface area (Å²) < 4.78 is 0. The van der Waals surface area contributed by atoms with Crippen molar-refractivity contribution in [3.8, 4) is 0 Å². The van der Waals surface area contributed by atoms with E-state index in [1.165, 1.54) is 45.3 Å². The van der Waals surface area contributed by atoms with Crippen LogP contribution in [0.3, 0.4) is 0 Å². The van der Waals surface area contributed by atoms with Crippen molar-refractivity contribution in [2.24, 2.45) is 17.8 Å². The second-order valence-electron chi connectivity index (χ2n) is 5.54. The zero-order chi connectivity index (χ0) is 9.38. The summed E-state index contributed by atoms with van der Waals surface area (Å²) in [5, 5.41) is 7.26. The Balaban J connectivity index is 1.36. The fourth-order valence-corrected chi connectivity index (χ4v) is 3.31. The minimum absolute atomic E-state index is 0.876. The van der Waals surface area contributed by atoms with E-state index in [4.69, 9.17) is 0 Å². The van der Waals surface area contributed by atoms with Crippen LogP contribution in [0.2, 0.25) is 0 Å². The number of fused-ring (bicyclic) bond motifs is 1. The molecule has 0 radical (unpaired) electrons. The van der Waals surface area contributed by atoms with Gasteiger partial charge in [0, 0.05) is 6.04 Å². The quantitative estimate of drug-likeness (QED) is 0.709. The minimum Gasteiger partial charge on any atom is -0.316 e. The Hall–Kier alpha value is -0.0800. The van der Waals surface area contributed by atoms with Gasteiger partial charge in [0.05, 0.1) is 0 Å². The lowest BCUT2D eigenvalue weighted by atomic mass is 9.99. The van der Waals surface area contributed by atoms with E-state index in [1.807, 2.05) is 0 Å². The molecule has 2 heteroatoms. The lowest BCUT2D eigenvalue weighted by Gasteiger charge is -2.25. The van der Waals surface area contributed by atoms with E-state index in [0.717, 1.165) is 23.8 Å². The van der Waals surface area contributed by atoms with Crippen molar-refractivity contribution >= 4 is 0 Å². The van der Waals surface area contributed by atoms with Crippen molar-refractivity contribution in [2.45, 2.75) is 38.1 Å². The monoisotopic (exact) mass is 194 g/mol. The molecular weight excluding hydrogens is 172 g/mol. The highest BCUT2D eigenvalue weighted by Gasteiger charge is 2.45. The first-order valence-electron chi connectivity index (χ1n) is 6.36. The fourth-order valence-electron chi connectivity index (χ4n) is 3.31. The van der Waals surface area contributed by atoms with Crippen molar-refractivity contribution in [3.05, 3.63) is 0 Å². The molecule has 0 aromatic rings. The largest absolute Gasteiger partial charge is 0.316 e. The Kier molecular flexibility index (Phi) is 2.50. The molecule has 3 fully saturated rings. The predicted octanol–water partition coefficient (Wildman–Crippen LogP) is 1.37. The molecule has 1 heterocycles. The van der Waals surface area contributed by atoms with Crippen molar-refractivity contribution < 1.29 is 0 Å². The average molecular weight is 194 g/mol. The van der Waals surface area contributed by atoms with Gasteiger partial charge in [-0.2, -0.15) is 0 Å². The Morgan fingerprint density at radius 2 is 2.00 bits per heavy atom. The third-order valence-electron chi connectivity index (χ3n) is 4.34. The van der Waals surface area contributed by atoms with E-state index in [0.29, 0.717) is 0 Å². The van der Waals surface area contributed by atoms with Gasteiger partial charge < -0.3 is 10.6 Å². The van der Waals surface area contributed by atoms with E-state index in [2.05, 4.69) is 10.6 Å². The number of hydrogen-bond acceptors (Lipinski definition) is 2. The van der Waals surface area contributed by atoms with E-state index in [9.17, 15) is 0 Å². The van der Waals surface area contributed by atoms with Crippen molar-refractivity contribution in [3.63, 3.8) is 0 Å². The van der Waals surface area contributed by atoms with Crippen LogP contribution in [-0.4, -0.2) is 25.7 Å². The van der Waals surface area contributed by atoms with Crippen LogP contribution in [0.15, 0.2) is 0 Å². The van der Waals surface area contributed by atoms with E-state index >= 15 is 0 Å². The third-order valence-corrected chi connectivity index (χ3v) is 4.34. The van der Waals surface area contributed by atoms with Gasteiger partial charge in [0.2, 0.25) is 0 Å². The van der Waals surface area contributed by atoms with Gasteiger partial charge in [0.15, 0.2) is 0 Å². The molecule has 2 unspecified atom stereocenters. The molecule has 0 bridgehead atoms. The van der Waals surface area contributed by atoms with Crippen LogP contribution in [0.25, 0.3) is 0 Å². The van der Waals surface area contributed by atoms with Crippen molar-refractivity contribution in [1.82, 2.24) is 10.6 Å². The standard InChI is InChI=1S/C12H22N2/c1-2-9(7-13-3-1)8-14-12-5-10-4-11(10)6-12/h9-14H,1-8H2/t9-,10?,11?,12?/m1/s1. The molecule has 0 aromatic heterocycles. The summed E-state index contributed by atoms with van der Waals surface area (Å²) in [4.78, 5) is 0. The Morgan fingerprint density at radius 1 is 1.14 bits per heavy atom. The minimum atomic E-state index is 0.876. The maximum Gasteiger partial charge on any atom is 0.00726 e. The first-order valence-corrected chi connectivity index (χ1v) is 6.36. The topological polar surface area (TPSA) is 24.1 Å². The summed E-state index contributed by atoms with van der Waals surface area (Å²) in [5.74, 6) is 3.15. The van der Waals surface area contributed by atoms with Crippen LogP contribution in [0.4, 0.5) is 0 Å². The Bertz CT molecular complexity index is 186. The van der Waals surface area contributed by atoms with Crippen molar-refractivity contribution in [2.75, 3.05) is 19.6 Å². The first-order chi connectivity index (χ1) is 6.92. The predicted molar refractivity (Wildman–Crippen MR) is 58.2 cm³/mol. The second-order valence-corrected chi connectivity index (χ2v) is 5.54. The van der Waals surface area contributed by atoms with E-state index in [1.54, 1.807) is 6.42 Å². The highest BCUT2D eigenvalue weighted by molar-refractivity contribution is 4.98. The number of piperidine rings is 1. The summed E-state index contributed by atoms with van der Waals surface area (Å²) in [6, 6.07) is 0.876. The van der Waals surface area contributed by atoms with Crippen LogP contribution in [0, 0.1) is 17.8 Å². The van der Waals surface area contributed by atoms with Gasteiger partial charge in [-0.3, -0.25) is 0 Å². The molecule has 3 atom stereocenters. The van der Waals surface area contributed by atoms with Gasteiger partial charge in [-0.25, -0.2) is 0 Å². The molecular formula is C12H22N2. The second kappa shape index (κ2) is 3.82. The molecule has 0 spiro atoms. The summed E-state index contributed by atoms with van der Waals surface area (Å²) in [7, 11) is 0. The Morgan fingerprint density at radius 3 is 2.71 bits per heavy atom. The molecule has 2 aliphatic carbocycles. The molecule has 80 valence electrons. The highest BCUT2D eigenvalue weighted by atomic mass is 15.0. The number of hydrogen-bond donors (Lipinski definition) is 2. The van der Waals surface area contributed by atoms with E-state index < -0.39 is 0 Å². The number of nitrogens with one attached hydrogen (secondary N) is 2. The molecule has 14 heavy (non-hydrogen) atoms. The summed E-state index contributed by atoms with van der Waals surface area (Å²) in [6.45, 7) is 3.74. The third kappa shape index (κ3) is 1.96. The van der Waals surface area contributed by atoms with Crippen molar-refractivity contribution in [1.29, 1.82) is 0 Å². The SMILES string of the molecule is C1CNC[C@H](CNC2CC3CC3C2)C1. The molecule has 2 saturated carbocycles. The molecule has 3 aliphatic rings. The maximum absolute atomic E-state index is 3.77. The number of rotatable bonds is 3. The Labute approximate surface area is 86.8 Å². The van der Waals surface area contributed by atoms with Gasteiger partial charge >= 0.3 is 0 Å². The molecule has 0 aromatic carbocycles. The first kappa shape index (κ1) is 9.17.